The highest BCUT2D eigenvalue weighted by atomic mass is 16.3. The molecule has 3 heteroatoms. The summed E-state index contributed by atoms with van der Waals surface area (Å²) in [5.41, 5.74) is 0. The summed E-state index contributed by atoms with van der Waals surface area (Å²) in [5, 5.41) is 13.8. The number of likely N-dealkylation sites (N-methyl/N-ethyl adjacent to an activating group) is 1. The monoisotopic (exact) mass is 240 g/mol. The van der Waals surface area contributed by atoms with Gasteiger partial charge in [-0.25, -0.2) is 0 Å². The predicted molar refractivity (Wildman–Crippen MR) is 71.2 cm³/mol. The maximum atomic E-state index is 10.3. The van der Waals surface area contributed by atoms with E-state index in [2.05, 4.69) is 17.1 Å². The number of piperidine rings is 1. The molecule has 0 aromatic rings. The molecule has 2 rings (SSSR count). The third kappa shape index (κ3) is 3.43. The summed E-state index contributed by atoms with van der Waals surface area (Å²) in [6.07, 6.45) is 8.41. The first-order valence-electron chi connectivity index (χ1n) is 7.47. The van der Waals surface area contributed by atoms with E-state index in [0.29, 0.717) is 12.1 Å². The molecule has 1 aliphatic carbocycles. The van der Waals surface area contributed by atoms with Crippen LogP contribution in [0.15, 0.2) is 0 Å². The van der Waals surface area contributed by atoms with Crippen LogP contribution in [-0.4, -0.2) is 47.8 Å². The van der Waals surface area contributed by atoms with Crippen LogP contribution in [0.4, 0.5) is 0 Å². The van der Waals surface area contributed by atoms with Crippen LogP contribution in [0.3, 0.4) is 0 Å². The van der Waals surface area contributed by atoms with Crippen molar-refractivity contribution in [2.45, 2.75) is 70.1 Å². The first-order valence-corrected chi connectivity index (χ1v) is 7.47. The van der Waals surface area contributed by atoms with Crippen molar-refractivity contribution in [3.05, 3.63) is 0 Å². The maximum absolute atomic E-state index is 10.3. The second-order valence-corrected chi connectivity index (χ2v) is 5.58. The van der Waals surface area contributed by atoms with Crippen molar-refractivity contribution < 1.29 is 5.11 Å². The van der Waals surface area contributed by atoms with Crippen molar-refractivity contribution in [1.29, 1.82) is 0 Å². The Morgan fingerprint density at radius 3 is 2.47 bits per heavy atom. The number of hydrogen-bond acceptors (Lipinski definition) is 3. The zero-order valence-electron chi connectivity index (χ0n) is 11.2. The normalized spacial score (nSPS) is 32.6. The van der Waals surface area contributed by atoms with Gasteiger partial charge < -0.3 is 10.4 Å². The molecule has 17 heavy (non-hydrogen) atoms. The van der Waals surface area contributed by atoms with Crippen molar-refractivity contribution in [2.24, 2.45) is 0 Å². The minimum atomic E-state index is -0.0904. The minimum Gasteiger partial charge on any atom is -0.391 e. The lowest BCUT2D eigenvalue weighted by atomic mass is 9.97. The number of aliphatic hydroxyl groups excluding tert-OH is 1. The van der Waals surface area contributed by atoms with Crippen LogP contribution in [0, 0.1) is 0 Å². The molecule has 3 nitrogen and oxygen atoms in total. The van der Waals surface area contributed by atoms with Gasteiger partial charge in [-0.05, 0) is 45.3 Å². The number of nitrogens with zero attached hydrogens (tertiary/aromatic N) is 1. The highest BCUT2D eigenvalue weighted by molar-refractivity contribution is 4.87. The van der Waals surface area contributed by atoms with Gasteiger partial charge in [-0.15, -0.1) is 0 Å². The summed E-state index contributed by atoms with van der Waals surface area (Å²) in [4.78, 5) is 2.59. The van der Waals surface area contributed by atoms with Gasteiger partial charge in [0.2, 0.25) is 0 Å². The Morgan fingerprint density at radius 1 is 1.06 bits per heavy atom. The van der Waals surface area contributed by atoms with Crippen molar-refractivity contribution in [3.8, 4) is 0 Å². The van der Waals surface area contributed by atoms with Crippen LogP contribution in [0.2, 0.25) is 0 Å². The zero-order chi connectivity index (χ0) is 12.1. The van der Waals surface area contributed by atoms with Crippen LogP contribution >= 0.6 is 0 Å². The molecule has 100 valence electrons. The molecule has 0 bridgehead atoms. The average molecular weight is 240 g/mol. The molecule has 1 aliphatic heterocycles. The lowest BCUT2D eigenvalue weighted by molar-refractivity contribution is 0.0146. The second-order valence-electron chi connectivity index (χ2n) is 5.58. The zero-order valence-corrected chi connectivity index (χ0v) is 11.2. The number of rotatable bonds is 3. The SMILES string of the molecule is CCN(C1CCNCC1)C1CCCCCC1O. The number of nitrogens with one attached hydrogen (secondary N) is 1. The Labute approximate surface area is 106 Å². The molecular formula is C14H28N2O. The van der Waals surface area contributed by atoms with Crippen LogP contribution in [0.25, 0.3) is 0 Å². The molecule has 1 heterocycles. The molecule has 0 radical (unpaired) electrons. The van der Waals surface area contributed by atoms with E-state index in [1.165, 1.54) is 38.5 Å². The van der Waals surface area contributed by atoms with Gasteiger partial charge in [-0.1, -0.05) is 26.2 Å². The van der Waals surface area contributed by atoms with Crippen molar-refractivity contribution in [1.82, 2.24) is 10.2 Å². The quantitative estimate of drug-likeness (QED) is 0.738. The molecule has 1 saturated heterocycles. The Bertz CT molecular complexity index is 216. The Hall–Kier alpha value is -0.120. The van der Waals surface area contributed by atoms with Crippen LogP contribution in [0.1, 0.15) is 51.9 Å². The molecule has 0 aromatic heterocycles. The largest absolute Gasteiger partial charge is 0.391 e. The Morgan fingerprint density at radius 2 is 1.76 bits per heavy atom. The Kier molecular flexibility index (Phi) is 5.26. The van der Waals surface area contributed by atoms with E-state index in [9.17, 15) is 5.11 Å². The standard InChI is InChI=1S/C14H28N2O/c1-2-16(12-8-10-15-11-9-12)13-6-4-3-5-7-14(13)17/h12-15,17H,2-11H2,1H3. The topological polar surface area (TPSA) is 35.5 Å². The Balaban J connectivity index is 1.98. The molecule has 2 aliphatic rings. The maximum Gasteiger partial charge on any atom is 0.0695 e. The minimum absolute atomic E-state index is 0.0904. The van der Waals surface area contributed by atoms with Gasteiger partial charge >= 0.3 is 0 Å². The summed E-state index contributed by atoms with van der Waals surface area (Å²) >= 11 is 0. The predicted octanol–water partition coefficient (Wildman–Crippen LogP) is 1.75. The van der Waals surface area contributed by atoms with Gasteiger partial charge in [0.05, 0.1) is 6.10 Å². The molecule has 2 unspecified atom stereocenters. The molecule has 2 N–H and O–H groups in total. The molecule has 2 fully saturated rings. The van der Waals surface area contributed by atoms with Gasteiger partial charge in [0.25, 0.3) is 0 Å². The first-order chi connectivity index (χ1) is 8.33. The molecule has 0 spiro atoms. The summed E-state index contributed by atoms with van der Waals surface area (Å²) in [7, 11) is 0. The first kappa shape index (κ1) is 13.3. The van der Waals surface area contributed by atoms with E-state index in [-0.39, 0.29) is 6.10 Å². The molecule has 1 saturated carbocycles. The molecule has 0 amide bonds. The van der Waals surface area contributed by atoms with E-state index in [1.54, 1.807) is 0 Å². The summed E-state index contributed by atoms with van der Waals surface area (Å²) in [6, 6.07) is 1.12. The highest BCUT2D eigenvalue weighted by Gasteiger charge is 2.31. The number of aliphatic hydroxyl groups is 1. The van der Waals surface area contributed by atoms with E-state index < -0.39 is 0 Å². The lowest BCUT2D eigenvalue weighted by Crippen LogP contribution is -2.51. The smallest absolute Gasteiger partial charge is 0.0695 e. The average Bonchev–Trinajstić information content (AvgIpc) is 2.58. The van der Waals surface area contributed by atoms with Crippen molar-refractivity contribution in [2.75, 3.05) is 19.6 Å². The lowest BCUT2D eigenvalue weighted by Gasteiger charge is -2.41. The third-order valence-electron chi connectivity index (χ3n) is 4.51. The van der Waals surface area contributed by atoms with Gasteiger partial charge in [0, 0.05) is 12.1 Å². The summed E-state index contributed by atoms with van der Waals surface area (Å²) < 4.78 is 0. The van der Waals surface area contributed by atoms with Crippen LogP contribution in [0.5, 0.6) is 0 Å². The molecule has 2 atom stereocenters. The summed E-state index contributed by atoms with van der Waals surface area (Å²) in [5.74, 6) is 0. The van der Waals surface area contributed by atoms with E-state index in [1.807, 2.05) is 0 Å². The van der Waals surface area contributed by atoms with Crippen LogP contribution < -0.4 is 5.32 Å². The van der Waals surface area contributed by atoms with Gasteiger partial charge in [-0.2, -0.15) is 0 Å². The fraction of sp³-hybridized carbons (Fsp3) is 1.00. The fourth-order valence-corrected chi connectivity index (χ4v) is 3.56. The highest BCUT2D eigenvalue weighted by Crippen LogP contribution is 2.26. The number of hydrogen-bond donors (Lipinski definition) is 2. The van der Waals surface area contributed by atoms with E-state index >= 15 is 0 Å². The third-order valence-corrected chi connectivity index (χ3v) is 4.51. The van der Waals surface area contributed by atoms with E-state index in [4.69, 9.17) is 0 Å². The van der Waals surface area contributed by atoms with Gasteiger partial charge in [-0.3, -0.25) is 4.90 Å². The van der Waals surface area contributed by atoms with Crippen molar-refractivity contribution in [3.63, 3.8) is 0 Å². The second kappa shape index (κ2) is 6.72. The molecular weight excluding hydrogens is 212 g/mol. The fourth-order valence-electron chi connectivity index (χ4n) is 3.56. The van der Waals surface area contributed by atoms with Crippen LogP contribution in [-0.2, 0) is 0 Å². The summed E-state index contributed by atoms with van der Waals surface area (Å²) in [6.45, 7) is 5.63. The van der Waals surface area contributed by atoms with E-state index in [0.717, 1.165) is 26.1 Å². The van der Waals surface area contributed by atoms with Gasteiger partial charge in [0.1, 0.15) is 0 Å². The van der Waals surface area contributed by atoms with Crippen molar-refractivity contribution >= 4 is 0 Å². The molecule has 0 aromatic carbocycles. The van der Waals surface area contributed by atoms with Gasteiger partial charge in [0.15, 0.2) is 0 Å².